The first-order valence-electron chi connectivity index (χ1n) is 11.7. The topological polar surface area (TPSA) is 76.1 Å². The number of carbonyl (C=O) groups is 2. The molecule has 0 radical (unpaired) electrons. The van der Waals surface area contributed by atoms with Gasteiger partial charge in [-0.25, -0.2) is 0 Å². The van der Waals surface area contributed by atoms with Crippen LogP contribution in [-0.4, -0.2) is 30.5 Å². The van der Waals surface area contributed by atoms with Crippen LogP contribution in [0.1, 0.15) is 24.1 Å². The molecule has 4 aromatic rings. The van der Waals surface area contributed by atoms with Gasteiger partial charge in [-0.1, -0.05) is 60.7 Å². The second kappa shape index (κ2) is 9.58. The molecule has 6 heteroatoms. The zero-order chi connectivity index (χ0) is 25.2. The lowest BCUT2D eigenvalue weighted by Crippen LogP contribution is -2.29. The van der Waals surface area contributed by atoms with Crippen LogP contribution in [0.3, 0.4) is 0 Å². The van der Waals surface area contributed by atoms with E-state index in [9.17, 15) is 14.7 Å². The minimum absolute atomic E-state index is 0.0211. The quantitative estimate of drug-likeness (QED) is 0.213. The van der Waals surface area contributed by atoms with E-state index >= 15 is 0 Å². The molecule has 180 valence electrons. The predicted octanol–water partition coefficient (Wildman–Crippen LogP) is 5.87. The van der Waals surface area contributed by atoms with E-state index in [4.69, 9.17) is 9.47 Å². The van der Waals surface area contributed by atoms with Crippen molar-refractivity contribution >= 4 is 33.9 Å². The van der Waals surface area contributed by atoms with E-state index in [0.29, 0.717) is 29.4 Å². The number of methoxy groups -OCH3 is 1. The molecule has 1 aliphatic heterocycles. The summed E-state index contributed by atoms with van der Waals surface area (Å²) in [5.41, 5.74) is 1.65. The van der Waals surface area contributed by atoms with E-state index in [1.54, 1.807) is 55.6 Å². The van der Waals surface area contributed by atoms with Gasteiger partial charge < -0.3 is 14.6 Å². The normalized spacial score (nSPS) is 16.9. The van der Waals surface area contributed by atoms with Gasteiger partial charge in [-0.05, 0) is 47.5 Å². The van der Waals surface area contributed by atoms with E-state index in [1.807, 2.05) is 49.4 Å². The summed E-state index contributed by atoms with van der Waals surface area (Å²) in [5.74, 6) is -0.613. The summed E-state index contributed by atoms with van der Waals surface area (Å²) >= 11 is 0. The van der Waals surface area contributed by atoms with Crippen molar-refractivity contribution in [3.05, 3.63) is 108 Å². The summed E-state index contributed by atoms with van der Waals surface area (Å²) in [6, 6.07) is 26.5. The number of aliphatic hydroxyl groups excluding tert-OH is 1. The number of amides is 1. The maximum absolute atomic E-state index is 13.5. The first-order valence-corrected chi connectivity index (χ1v) is 11.7. The van der Waals surface area contributed by atoms with Crippen LogP contribution in [0.25, 0.3) is 16.5 Å². The van der Waals surface area contributed by atoms with Gasteiger partial charge in [0.1, 0.15) is 17.3 Å². The van der Waals surface area contributed by atoms with E-state index in [2.05, 4.69) is 0 Å². The second-order valence-electron chi connectivity index (χ2n) is 8.40. The first-order chi connectivity index (χ1) is 17.5. The molecule has 1 atom stereocenters. The zero-order valence-corrected chi connectivity index (χ0v) is 20.0. The summed E-state index contributed by atoms with van der Waals surface area (Å²) in [6.07, 6.45) is 0. The molecule has 0 aromatic heterocycles. The van der Waals surface area contributed by atoms with Gasteiger partial charge in [-0.2, -0.15) is 0 Å². The van der Waals surface area contributed by atoms with Crippen molar-refractivity contribution in [2.45, 2.75) is 13.0 Å². The highest BCUT2D eigenvalue weighted by molar-refractivity contribution is 6.52. The monoisotopic (exact) mass is 479 g/mol. The molecule has 36 heavy (non-hydrogen) atoms. The molecular formula is C30H25NO5. The summed E-state index contributed by atoms with van der Waals surface area (Å²) in [6.45, 7) is 2.33. The van der Waals surface area contributed by atoms with Crippen LogP contribution in [0.4, 0.5) is 5.69 Å². The molecule has 5 rings (SSSR count). The van der Waals surface area contributed by atoms with Crippen LogP contribution in [0.2, 0.25) is 0 Å². The number of nitrogens with zero attached hydrogens (tertiary/aromatic N) is 1. The maximum Gasteiger partial charge on any atom is 0.300 e. The van der Waals surface area contributed by atoms with Crippen molar-refractivity contribution in [3.8, 4) is 11.5 Å². The number of aliphatic hydroxyl groups is 1. The van der Waals surface area contributed by atoms with Crippen LogP contribution in [-0.2, 0) is 9.59 Å². The van der Waals surface area contributed by atoms with E-state index in [-0.39, 0.29) is 11.3 Å². The van der Waals surface area contributed by atoms with Crippen molar-refractivity contribution in [3.63, 3.8) is 0 Å². The number of ether oxygens (including phenoxy) is 2. The van der Waals surface area contributed by atoms with Crippen LogP contribution in [0, 0.1) is 0 Å². The Morgan fingerprint density at radius 3 is 2.42 bits per heavy atom. The van der Waals surface area contributed by atoms with Gasteiger partial charge in [0.05, 0.1) is 25.3 Å². The molecule has 6 nitrogen and oxygen atoms in total. The van der Waals surface area contributed by atoms with Crippen molar-refractivity contribution < 1.29 is 24.2 Å². The van der Waals surface area contributed by atoms with Gasteiger partial charge >= 0.3 is 0 Å². The average molecular weight is 480 g/mol. The predicted molar refractivity (Wildman–Crippen MR) is 139 cm³/mol. The maximum atomic E-state index is 13.5. The third-order valence-corrected chi connectivity index (χ3v) is 6.31. The Morgan fingerprint density at radius 1 is 0.889 bits per heavy atom. The lowest BCUT2D eigenvalue weighted by molar-refractivity contribution is -0.132. The number of benzene rings is 4. The highest BCUT2D eigenvalue weighted by Gasteiger charge is 2.47. The van der Waals surface area contributed by atoms with Crippen molar-refractivity contribution in [1.82, 2.24) is 0 Å². The van der Waals surface area contributed by atoms with Gasteiger partial charge in [-0.15, -0.1) is 0 Å². The molecule has 1 aliphatic rings. The number of Topliss-reactive ketones (excluding diaryl/α,β-unsaturated/α-hetero) is 1. The van der Waals surface area contributed by atoms with Crippen LogP contribution < -0.4 is 14.4 Å². The van der Waals surface area contributed by atoms with E-state index in [0.717, 1.165) is 16.3 Å². The fourth-order valence-corrected chi connectivity index (χ4v) is 4.70. The number of fused-ring (bicyclic) bond motifs is 1. The smallest absolute Gasteiger partial charge is 0.300 e. The van der Waals surface area contributed by atoms with Gasteiger partial charge in [0.25, 0.3) is 11.7 Å². The second-order valence-corrected chi connectivity index (χ2v) is 8.40. The zero-order valence-electron chi connectivity index (χ0n) is 20.0. The van der Waals surface area contributed by atoms with Crippen molar-refractivity contribution in [1.29, 1.82) is 0 Å². The molecule has 0 bridgehead atoms. The Balaban J connectivity index is 1.78. The SMILES string of the molecule is CCOc1cccc(/C(O)=C2/C(=O)C(=O)N(c3cccc(OC)c3)C2c2cccc3ccccc23)c1. The fourth-order valence-electron chi connectivity index (χ4n) is 4.70. The number of rotatable bonds is 6. The van der Waals surface area contributed by atoms with E-state index < -0.39 is 17.7 Å². The Bertz CT molecular complexity index is 1500. The standard InChI is InChI=1S/C30H25NO5/c1-3-36-23-14-6-11-20(17-23)28(32)26-27(25-16-7-10-19-9-4-5-15-24(19)25)31(30(34)29(26)33)21-12-8-13-22(18-21)35-2/h4-18,27,32H,3H2,1-2H3/b28-26-. The Labute approximate surface area is 209 Å². The molecule has 1 saturated heterocycles. The van der Waals surface area contributed by atoms with Crippen molar-refractivity contribution in [2.24, 2.45) is 0 Å². The Morgan fingerprint density at radius 2 is 1.61 bits per heavy atom. The summed E-state index contributed by atoms with van der Waals surface area (Å²) in [7, 11) is 1.54. The molecule has 1 fully saturated rings. The Hall–Kier alpha value is -4.58. The van der Waals surface area contributed by atoms with E-state index in [1.165, 1.54) is 4.90 Å². The van der Waals surface area contributed by atoms with Crippen molar-refractivity contribution in [2.75, 3.05) is 18.6 Å². The van der Waals surface area contributed by atoms with Crippen LogP contribution >= 0.6 is 0 Å². The molecule has 1 heterocycles. The summed E-state index contributed by atoms with van der Waals surface area (Å²) in [5, 5.41) is 13.3. The number of hydrogen-bond acceptors (Lipinski definition) is 5. The van der Waals surface area contributed by atoms with Gasteiger partial charge in [0, 0.05) is 17.3 Å². The number of hydrogen-bond donors (Lipinski definition) is 1. The largest absolute Gasteiger partial charge is 0.507 e. The molecule has 0 aliphatic carbocycles. The molecule has 1 unspecified atom stereocenters. The number of anilines is 1. The fraction of sp³-hybridized carbons (Fsp3) is 0.133. The minimum Gasteiger partial charge on any atom is -0.507 e. The van der Waals surface area contributed by atoms with Gasteiger partial charge in [-0.3, -0.25) is 14.5 Å². The number of ketones is 1. The van der Waals surface area contributed by atoms with Gasteiger partial charge in [0.2, 0.25) is 0 Å². The molecule has 0 saturated carbocycles. The highest BCUT2D eigenvalue weighted by Crippen LogP contribution is 2.44. The minimum atomic E-state index is -0.848. The van der Waals surface area contributed by atoms with Gasteiger partial charge in [0.15, 0.2) is 0 Å². The lowest BCUT2D eigenvalue weighted by Gasteiger charge is -2.26. The summed E-state index contributed by atoms with van der Waals surface area (Å²) in [4.78, 5) is 28.5. The molecule has 4 aromatic carbocycles. The molecule has 1 N–H and O–H groups in total. The molecular weight excluding hydrogens is 454 g/mol. The Kier molecular flexibility index (Phi) is 6.17. The third kappa shape index (κ3) is 3.96. The average Bonchev–Trinajstić information content (AvgIpc) is 3.18. The van der Waals surface area contributed by atoms with Crippen LogP contribution in [0.15, 0.2) is 96.6 Å². The molecule has 1 amide bonds. The highest BCUT2D eigenvalue weighted by atomic mass is 16.5. The lowest BCUT2D eigenvalue weighted by atomic mass is 9.91. The molecule has 0 spiro atoms. The van der Waals surface area contributed by atoms with Crippen LogP contribution in [0.5, 0.6) is 11.5 Å². The first kappa shape index (κ1) is 23.2. The number of carbonyl (C=O) groups excluding carboxylic acids is 2. The third-order valence-electron chi connectivity index (χ3n) is 6.31. The summed E-state index contributed by atoms with van der Waals surface area (Å²) < 4.78 is 11.0.